The van der Waals surface area contributed by atoms with Crippen molar-refractivity contribution in [3.05, 3.63) is 48.0 Å². The fourth-order valence-corrected chi connectivity index (χ4v) is 3.69. The number of morpholine rings is 1. The lowest BCUT2D eigenvalue weighted by molar-refractivity contribution is 0.00107. The number of carbonyl (C=O) groups excluding carboxylic acids is 1. The summed E-state index contributed by atoms with van der Waals surface area (Å²) in [7, 11) is -4.28. The third-order valence-electron chi connectivity index (χ3n) is 4.25. The molecule has 1 saturated heterocycles. The van der Waals surface area contributed by atoms with Crippen molar-refractivity contribution in [3.63, 3.8) is 0 Å². The molecular weight excluding hydrogens is 358 g/mol. The first-order valence-electron chi connectivity index (χ1n) is 8.36. The molecule has 0 aliphatic carbocycles. The van der Waals surface area contributed by atoms with Gasteiger partial charge in [0.1, 0.15) is 11.9 Å². The highest BCUT2D eigenvalue weighted by Crippen LogP contribution is 2.20. The lowest BCUT2D eigenvalue weighted by Gasteiger charge is -2.29. The Labute approximate surface area is 152 Å². The summed E-state index contributed by atoms with van der Waals surface area (Å²) in [5.41, 5.74) is 0.366. The second-order valence-corrected chi connectivity index (χ2v) is 7.71. The van der Waals surface area contributed by atoms with Crippen molar-refractivity contribution in [2.45, 2.75) is 6.10 Å². The van der Waals surface area contributed by atoms with Crippen LogP contribution in [0.2, 0.25) is 0 Å². The topological polar surface area (TPSA) is 93.1 Å². The highest BCUT2D eigenvalue weighted by Gasteiger charge is 2.26. The number of fused-ring (bicyclic) bond motifs is 1. The van der Waals surface area contributed by atoms with E-state index in [4.69, 9.17) is 9.47 Å². The Bertz CT molecular complexity index is 871. The minimum atomic E-state index is -4.28. The Kier molecular flexibility index (Phi) is 5.87. The Balaban J connectivity index is 1.79. The molecule has 3 rings (SSSR count). The predicted molar refractivity (Wildman–Crippen MR) is 96.8 cm³/mol. The van der Waals surface area contributed by atoms with Crippen molar-refractivity contribution >= 4 is 26.9 Å². The molecule has 140 valence electrons. The molecule has 26 heavy (non-hydrogen) atoms. The van der Waals surface area contributed by atoms with Gasteiger partial charge in [0.2, 0.25) is 0 Å². The molecule has 1 fully saturated rings. The highest BCUT2D eigenvalue weighted by molar-refractivity contribution is 7.85. The zero-order valence-corrected chi connectivity index (χ0v) is 15.0. The number of benzene rings is 2. The monoisotopic (exact) mass is 379 g/mol. The van der Waals surface area contributed by atoms with E-state index >= 15 is 0 Å². The van der Waals surface area contributed by atoms with Crippen LogP contribution in [0.25, 0.3) is 10.8 Å². The molecule has 0 bridgehead atoms. The van der Waals surface area contributed by atoms with Crippen LogP contribution in [0.1, 0.15) is 10.4 Å². The van der Waals surface area contributed by atoms with Crippen LogP contribution in [-0.2, 0) is 19.6 Å². The summed E-state index contributed by atoms with van der Waals surface area (Å²) in [4.78, 5) is 14.6. The minimum absolute atomic E-state index is 0.222. The quantitative estimate of drug-likeness (QED) is 0.602. The van der Waals surface area contributed by atoms with Gasteiger partial charge in [0.25, 0.3) is 10.1 Å². The second kappa shape index (κ2) is 8.13. The molecule has 2 aromatic rings. The Morgan fingerprint density at radius 1 is 1.15 bits per heavy atom. The van der Waals surface area contributed by atoms with Crippen LogP contribution in [0, 0.1) is 0 Å². The maximum Gasteiger partial charge on any atom is 0.339 e. The highest BCUT2D eigenvalue weighted by atomic mass is 32.2. The van der Waals surface area contributed by atoms with Crippen molar-refractivity contribution in [2.24, 2.45) is 0 Å². The fourth-order valence-electron chi connectivity index (χ4n) is 3.05. The first-order valence-corrected chi connectivity index (χ1v) is 9.97. The zero-order chi connectivity index (χ0) is 18.6. The SMILES string of the molecule is O=C(OC(CN1CCOCC1)CS(=O)(=O)O)c1cccc2ccccc12. The van der Waals surface area contributed by atoms with Crippen molar-refractivity contribution in [3.8, 4) is 0 Å². The number of esters is 1. The van der Waals surface area contributed by atoms with E-state index in [0.717, 1.165) is 10.8 Å². The molecule has 1 N–H and O–H groups in total. The summed E-state index contributed by atoms with van der Waals surface area (Å²) in [6.45, 7) is 2.53. The van der Waals surface area contributed by atoms with Crippen LogP contribution in [0.15, 0.2) is 42.5 Å². The van der Waals surface area contributed by atoms with E-state index in [-0.39, 0.29) is 6.54 Å². The lowest BCUT2D eigenvalue weighted by Crippen LogP contribution is -2.44. The van der Waals surface area contributed by atoms with E-state index in [1.165, 1.54) is 0 Å². The largest absolute Gasteiger partial charge is 0.456 e. The van der Waals surface area contributed by atoms with E-state index in [0.29, 0.717) is 31.9 Å². The van der Waals surface area contributed by atoms with Gasteiger partial charge in [0.05, 0.1) is 18.8 Å². The first kappa shape index (κ1) is 18.8. The molecule has 1 aliphatic rings. The molecule has 1 heterocycles. The van der Waals surface area contributed by atoms with Gasteiger partial charge in [-0.1, -0.05) is 36.4 Å². The molecule has 0 amide bonds. The predicted octanol–water partition coefficient (Wildman–Crippen LogP) is 1.59. The maximum absolute atomic E-state index is 12.7. The maximum atomic E-state index is 12.7. The summed E-state index contributed by atoms with van der Waals surface area (Å²) in [6.07, 6.45) is -0.963. The number of nitrogens with zero attached hydrogens (tertiary/aromatic N) is 1. The van der Waals surface area contributed by atoms with Crippen LogP contribution < -0.4 is 0 Å². The third kappa shape index (κ3) is 5.01. The number of rotatable bonds is 6. The Morgan fingerprint density at radius 3 is 2.58 bits per heavy atom. The number of ether oxygens (including phenoxy) is 2. The van der Waals surface area contributed by atoms with E-state index < -0.39 is 27.9 Å². The smallest absolute Gasteiger partial charge is 0.339 e. The molecule has 1 aliphatic heterocycles. The molecule has 0 radical (unpaired) electrons. The van der Waals surface area contributed by atoms with Gasteiger partial charge in [-0.3, -0.25) is 9.45 Å². The average Bonchev–Trinajstić information content (AvgIpc) is 2.60. The van der Waals surface area contributed by atoms with Crippen LogP contribution in [0.5, 0.6) is 0 Å². The molecule has 0 spiro atoms. The van der Waals surface area contributed by atoms with E-state index in [2.05, 4.69) is 0 Å². The molecule has 2 aromatic carbocycles. The molecule has 7 nitrogen and oxygen atoms in total. The number of hydrogen-bond donors (Lipinski definition) is 1. The van der Waals surface area contributed by atoms with Gasteiger partial charge in [-0.2, -0.15) is 8.42 Å². The third-order valence-corrected chi connectivity index (χ3v) is 5.04. The summed E-state index contributed by atoms with van der Waals surface area (Å²) < 4.78 is 42.6. The number of hydrogen-bond acceptors (Lipinski definition) is 6. The Morgan fingerprint density at radius 2 is 1.85 bits per heavy atom. The molecule has 0 aromatic heterocycles. The first-order chi connectivity index (χ1) is 12.4. The van der Waals surface area contributed by atoms with Gasteiger partial charge in [0, 0.05) is 19.6 Å². The molecular formula is C18H21NO6S. The Hall–Kier alpha value is -2.00. The summed E-state index contributed by atoms with van der Waals surface area (Å²) in [6, 6.07) is 12.7. The van der Waals surface area contributed by atoms with Gasteiger partial charge >= 0.3 is 5.97 Å². The van der Waals surface area contributed by atoms with Gasteiger partial charge in [-0.25, -0.2) is 4.79 Å². The van der Waals surface area contributed by atoms with Crippen LogP contribution in [0.4, 0.5) is 0 Å². The molecule has 8 heteroatoms. The average molecular weight is 379 g/mol. The standard InChI is InChI=1S/C18H21NO6S/c20-18(17-7-3-5-14-4-1-2-6-16(14)17)25-15(13-26(21,22)23)12-19-8-10-24-11-9-19/h1-7,15H,8-13H2,(H,21,22,23). The summed E-state index contributed by atoms with van der Waals surface area (Å²) in [5, 5.41) is 1.62. The fraction of sp³-hybridized carbons (Fsp3) is 0.389. The van der Waals surface area contributed by atoms with Crippen molar-refractivity contribution in [1.29, 1.82) is 0 Å². The van der Waals surface area contributed by atoms with Crippen LogP contribution in [0.3, 0.4) is 0 Å². The van der Waals surface area contributed by atoms with Crippen molar-refractivity contribution < 1.29 is 27.2 Å². The summed E-state index contributed by atoms with van der Waals surface area (Å²) in [5.74, 6) is -1.25. The molecule has 1 unspecified atom stereocenters. The van der Waals surface area contributed by atoms with Gasteiger partial charge < -0.3 is 9.47 Å². The van der Waals surface area contributed by atoms with Crippen molar-refractivity contribution in [2.75, 3.05) is 38.6 Å². The van der Waals surface area contributed by atoms with Crippen molar-refractivity contribution in [1.82, 2.24) is 4.90 Å². The van der Waals surface area contributed by atoms with Crippen LogP contribution in [-0.4, -0.2) is 68.5 Å². The minimum Gasteiger partial charge on any atom is -0.456 e. The van der Waals surface area contributed by atoms with E-state index in [1.54, 1.807) is 12.1 Å². The summed E-state index contributed by atoms with van der Waals surface area (Å²) >= 11 is 0. The van der Waals surface area contributed by atoms with Gasteiger partial charge in [-0.05, 0) is 16.8 Å². The normalized spacial score (nSPS) is 17.1. The zero-order valence-electron chi connectivity index (χ0n) is 14.2. The second-order valence-electron chi connectivity index (χ2n) is 6.22. The lowest BCUT2D eigenvalue weighted by atomic mass is 10.0. The molecule has 1 atom stereocenters. The van der Waals surface area contributed by atoms with Crippen LogP contribution >= 0.6 is 0 Å². The number of carbonyl (C=O) groups is 1. The van der Waals surface area contributed by atoms with Gasteiger partial charge in [0.15, 0.2) is 0 Å². The van der Waals surface area contributed by atoms with Gasteiger partial charge in [-0.15, -0.1) is 0 Å². The van der Waals surface area contributed by atoms with E-state index in [1.807, 2.05) is 35.2 Å². The molecule has 0 saturated carbocycles. The van der Waals surface area contributed by atoms with E-state index in [9.17, 15) is 17.8 Å².